The Morgan fingerprint density at radius 1 is 1.33 bits per heavy atom. The van der Waals surface area contributed by atoms with E-state index in [1.54, 1.807) is 11.2 Å². The topological polar surface area (TPSA) is 101 Å². The van der Waals surface area contributed by atoms with E-state index in [9.17, 15) is 14.3 Å². The fraction of sp³-hybridized carbons (Fsp3) is 0.619. The number of ether oxygens (including phenoxy) is 2. The number of aliphatic hydroxyl groups excluding tert-OH is 1. The van der Waals surface area contributed by atoms with Crippen LogP contribution in [-0.2, 0) is 4.74 Å². The van der Waals surface area contributed by atoms with Crippen molar-refractivity contribution >= 4 is 46.2 Å². The molecular weight excluding hydrogens is 473 g/mol. The van der Waals surface area contributed by atoms with Gasteiger partial charge in [0.05, 0.1) is 24.7 Å². The molecule has 0 aliphatic carbocycles. The molecule has 1 N–H and O–H groups in total. The van der Waals surface area contributed by atoms with Gasteiger partial charge >= 0.3 is 6.09 Å². The quantitative estimate of drug-likeness (QED) is 0.380. The summed E-state index contributed by atoms with van der Waals surface area (Å²) in [5.41, 5.74) is -0.608. The van der Waals surface area contributed by atoms with Gasteiger partial charge in [0.15, 0.2) is 16.1 Å². The monoisotopic (exact) mass is 497 g/mol. The van der Waals surface area contributed by atoms with E-state index in [0.29, 0.717) is 29.3 Å². The van der Waals surface area contributed by atoms with Crippen molar-refractivity contribution in [3.05, 3.63) is 11.0 Å². The summed E-state index contributed by atoms with van der Waals surface area (Å²) >= 11 is 7.34. The van der Waals surface area contributed by atoms with Crippen LogP contribution in [0, 0.1) is 5.82 Å². The van der Waals surface area contributed by atoms with Crippen LogP contribution in [0.5, 0.6) is 5.88 Å². The minimum absolute atomic E-state index is 0.0265. The van der Waals surface area contributed by atoms with Crippen molar-refractivity contribution in [2.75, 3.05) is 24.3 Å². The van der Waals surface area contributed by atoms with Crippen molar-refractivity contribution in [2.45, 2.75) is 68.6 Å². The maximum absolute atomic E-state index is 15.0. The van der Waals surface area contributed by atoms with Crippen LogP contribution in [0.15, 0.2) is 5.16 Å². The van der Waals surface area contributed by atoms with Gasteiger partial charge in [-0.2, -0.15) is 4.98 Å². The number of carbonyl (C=O) groups excluding carboxylic acids is 1. The van der Waals surface area contributed by atoms with E-state index >= 15 is 0 Å². The molecule has 0 spiro atoms. The summed E-state index contributed by atoms with van der Waals surface area (Å²) in [6.45, 7) is 5.59. The lowest BCUT2D eigenvalue weighted by molar-refractivity contribution is -0.00586. The predicted molar refractivity (Wildman–Crippen MR) is 122 cm³/mol. The first-order valence-electron chi connectivity index (χ1n) is 10.8. The number of aliphatic hydroxyl groups is 1. The number of piperazine rings is 1. The fourth-order valence-corrected chi connectivity index (χ4v) is 5.60. The second-order valence-corrected chi connectivity index (χ2v) is 10.6. The summed E-state index contributed by atoms with van der Waals surface area (Å²) < 4.78 is 26.8. The molecule has 5 rings (SSSR count). The zero-order valence-electron chi connectivity index (χ0n) is 18.7. The lowest BCUT2D eigenvalue weighted by Crippen LogP contribution is -2.66. The molecule has 0 radical (unpaired) electrons. The number of fused-ring (bicyclic) bond motifs is 5. The first-order chi connectivity index (χ1) is 15.6. The van der Waals surface area contributed by atoms with Crippen molar-refractivity contribution in [3.8, 4) is 5.88 Å². The van der Waals surface area contributed by atoms with Crippen molar-refractivity contribution in [2.24, 2.45) is 0 Å². The molecule has 3 aliphatic heterocycles. The van der Waals surface area contributed by atoms with Gasteiger partial charge < -0.3 is 19.5 Å². The number of thioether (sulfide) groups is 1. The third-order valence-corrected chi connectivity index (χ3v) is 7.06. The number of aromatic nitrogens is 3. The second kappa shape index (κ2) is 7.99. The number of pyridine rings is 1. The third-order valence-electron chi connectivity index (χ3n) is 6.26. The second-order valence-electron chi connectivity index (χ2n) is 9.45. The zero-order chi connectivity index (χ0) is 23.7. The van der Waals surface area contributed by atoms with Gasteiger partial charge in [-0.15, -0.1) is 0 Å². The lowest BCUT2D eigenvalue weighted by Gasteiger charge is -2.48. The summed E-state index contributed by atoms with van der Waals surface area (Å²) in [7, 11) is 0. The highest BCUT2D eigenvalue weighted by Gasteiger charge is 2.54. The number of nitrogens with zero attached hydrogens (tertiary/aromatic N) is 5. The normalized spacial score (nSPS) is 26.2. The maximum Gasteiger partial charge on any atom is 0.410 e. The Labute approximate surface area is 199 Å². The fourth-order valence-electron chi connectivity index (χ4n) is 5.08. The van der Waals surface area contributed by atoms with Crippen molar-refractivity contribution in [1.29, 1.82) is 0 Å². The van der Waals surface area contributed by atoms with Crippen LogP contribution in [0.1, 0.15) is 33.6 Å². The molecular formula is C21H25ClFN5O4S. The van der Waals surface area contributed by atoms with Gasteiger partial charge in [0.1, 0.15) is 28.4 Å². The molecule has 33 heavy (non-hydrogen) atoms. The molecule has 0 saturated carbocycles. The van der Waals surface area contributed by atoms with E-state index < -0.39 is 29.7 Å². The van der Waals surface area contributed by atoms with Gasteiger partial charge in [0.25, 0.3) is 0 Å². The number of hydrogen-bond donors (Lipinski definition) is 1. The molecule has 3 aliphatic rings. The van der Waals surface area contributed by atoms with Gasteiger partial charge in [-0.05, 0) is 39.9 Å². The van der Waals surface area contributed by atoms with E-state index in [-0.39, 0.29) is 35.2 Å². The van der Waals surface area contributed by atoms with Crippen LogP contribution >= 0.6 is 23.4 Å². The Balaban J connectivity index is 1.66. The zero-order valence-corrected chi connectivity index (χ0v) is 20.3. The number of halogens is 2. The molecule has 9 nitrogen and oxygen atoms in total. The Morgan fingerprint density at radius 3 is 2.76 bits per heavy atom. The standard InChI is InChI=1S/C21H25ClFN5O4S/c1-21(2,3)32-20(30)28-9-5-6-10(28)15-11(8-29)31-18-12-14(13(23)16(22)25-18)24-19(33-4)26-17(12)27(15)7-9/h9-11,15,29H,5-8H2,1-4H3. The molecule has 2 aromatic heterocycles. The number of amides is 1. The molecule has 2 bridgehead atoms. The highest BCUT2D eigenvalue weighted by atomic mass is 35.5. The molecule has 2 saturated heterocycles. The summed E-state index contributed by atoms with van der Waals surface area (Å²) in [6.07, 6.45) is 2.16. The lowest BCUT2D eigenvalue weighted by atomic mass is 9.97. The summed E-state index contributed by atoms with van der Waals surface area (Å²) in [4.78, 5) is 30.0. The number of anilines is 1. The Bertz CT molecular complexity index is 1130. The third kappa shape index (κ3) is 3.64. The summed E-state index contributed by atoms with van der Waals surface area (Å²) in [6, 6.07) is -0.840. The van der Waals surface area contributed by atoms with E-state index in [0.717, 1.165) is 6.42 Å². The van der Waals surface area contributed by atoms with E-state index in [1.807, 2.05) is 25.7 Å². The SMILES string of the molecule is CSc1nc2c3c(nc(Cl)c(F)c3n1)OC(CO)C1C3CCC(CN21)N3C(=O)OC(C)(C)C. The summed E-state index contributed by atoms with van der Waals surface area (Å²) in [5.74, 6) is -0.191. The Kier molecular flexibility index (Phi) is 5.49. The summed E-state index contributed by atoms with van der Waals surface area (Å²) in [5, 5.41) is 10.6. The minimum atomic E-state index is -0.747. The van der Waals surface area contributed by atoms with Gasteiger partial charge in [0.2, 0.25) is 5.88 Å². The molecule has 1 amide bonds. The first kappa shape index (κ1) is 22.7. The average Bonchev–Trinajstić information content (AvgIpc) is 3.00. The van der Waals surface area contributed by atoms with Crippen molar-refractivity contribution in [1.82, 2.24) is 19.9 Å². The Hall–Kier alpha value is -2.11. The largest absolute Gasteiger partial charge is 0.469 e. The van der Waals surface area contributed by atoms with Gasteiger partial charge in [-0.3, -0.25) is 4.90 Å². The van der Waals surface area contributed by atoms with Gasteiger partial charge in [-0.25, -0.2) is 19.2 Å². The average molecular weight is 498 g/mol. The van der Waals surface area contributed by atoms with E-state index in [2.05, 4.69) is 9.97 Å². The smallest absolute Gasteiger partial charge is 0.410 e. The van der Waals surface area contributed by atoms with Crippen LogP contribution in [0.25, 0.3) is 10.9 Å². The van der Waals surface area contributed by atoms with Gasteiger partial charge in [-0.1, -0.05) is 23.4 Å². The maximum atomic E-state index is 15.0. The van der Waals surface area contributed by atoms with Crippen LogP contribution in [-0.4, -0.2) is 80.3 Å². The molecule has 4 unspecified atom stereocenters. The molecule has 2 fully saturated rings. The molecule has 4 atom stereocenters. The van der Waals surface area contributed by atoms with Crippen molar-refractivity contribution in [3.63, 3.8) is 0 Å². The van der Waals surface area contributed by atoms with E-state index in [4.69, 9.17) is 26.1 Å². The highest BCUT2D eigenvalue weighted by molar-refractivity contribution is 7.98. The van der Waals surface area contributed by atoms with Crippen LogP contribution < -0.4 is 9.64 Å². The van der Waals surface area contributed by atoms with Crippen LogP contribution in [0.2, 0.25) is 5.15 Å². The molecule has 0 aromatic carbocycles. The van der Waals surface area contributed by atoms with Crippen molar-refractivity contribution < 1.29 is 23.8 Å². The van der Waals surface area contributed by atoms with Gasteiger partial charge in [0, 0.05) is 6.54 Å². The Morgan fingerprint density at radius 2 is 2.09 bits per heavy atom. The first-order valence-corrected chi connectivity index (χ1v) is 12.4. The van der Waals surface area contributed by atoms with E-state index in [1.165, 1.54) is 11.8 Å². The van der Waals surface area contributed by atoms with Crippen LogP contribution in [0.4, 0.5) is 15.0 Å². The number of rotatable bonds is 2. The minimum Gasteiger partial charge on any atom is -0.469 e. The molecule has 12 heteroatoms. The van der Waals surface area contributed by atoms with Crippen LogP contribution in [0.3, 0.4) is 0 Å². The predicted octanol–water partition coefficient (Wildman–Crippen LogP) is 3.25. The molecule has 2 aromatic rings. The molecule has 178 valence electrons. The highest BCUT2D eigenvalue weighted by Crippen LogP contribution is 2.45. The number of carbonyl (C=O) groups is 1. The molecule has 5 heterocycles. The number of hydrogen-bond acceptors (Lipinski definition) is 9.